The van der Waals surface area contributed by atoms with Gasteiger partial charge in [-0.1, -0.05) is 49.1 Å². The predicted molar refractivity (Wildman–Crippen MR) is 220 cm³/mol. The van der Waals surface area contributed by atoms with E-state index in [4.69, 9.17) is 5.11 Å². The smallest absolute Gasteiger partial charge is 0.173 e. The summed E-state index contributed by atoms with van der Waals surface area (Å²) in [5, 5.41) is 8.99. The highest BCUT2D eigenvalue weighted by molar-refractivity contribution is 6.23. The second kappa shape index (κ2) is 25.3. The number of carbonyl (C=O) groups is 6. The van der Waals surface area contributed by atoms with Crippen molar-refractivity contribution in [2.45, 2.75) is 77.0 Å². The summed E-state index contributed by atoms with van der Waals surface area (Å²) in [4.78, 5) is 72.6. The van der Waals surface area contributed by atoms with Crippen molar-refractivity contribution in [3.05, 3.63) is 131 Å². The van der Waals surface area contributed by atoms with Crippen molar-refractivity contribution in [1.82, 2.24) is 9.80 Å². The summed E-state index contributed by atoms with van der Waals surface area (Å²) in [6, 6.07) is 17.9. The molecule has 1 N–H and O–H groups in total. The van der Waals surface area contributed by atoms with E-state index in [1.165, 1.54) is 56.3 Å². The zero-order valence-electron chi connectivity index (χ0n) is 34.0. The number of unbranched alkanes of at least 4 members (excludes halogenated alkanes) is 1. The van der Waals surface area contributed by atoms with Crippen LogP contribution >= 0.6 is 0 Å². The van der Waals surface area contributed by atoms with Crippen molar-refractivity contribution < 1.29 is 47.0 Å². The van der Waals surface area contributed by atoms with E-state index >= 15 is 0 Å². The molecule has 1 aliphatic heterocycles. The van der Waals surface area contributed by atoms with Crippen LogP contribution in [0, 0.1) is 17.5 Å². The maximum Gasteiger partial charge on any atom is 0.173 e. The summed E-state index contributed by atoms with van der Waals surface area (Å²) < 4.78 is 38.2. The maximum absolute atomic E-state index is 13.1. The Morgan fingerprint density at radius 1 is 0.729 bits per heavy atom. The van der Waals surface area contributed by atoms with Crippen LogP contribution in [0.15, 0.2) is 97.1 Å². The van der Waals surface area contributed by atoms with Crippen LogP contribution in [0.4, 0.5) is 13.2 Å². The third-order valence-electron chi connectivity index (χ3n) is 10.1. The van der Waals surface area contributed by atoms with Crippen LogP contribution in [0.25, 0.3) is 0 Å². The number of hydrogen-bond donors (Lipinski definition) is 1. The van der Waals surface area contributed by atoms with E-state index in [1.807, 2.05) is 6.08 Å². The first-order valence-corrected chi connectivity index (χ1v) is 20.0. The number of ketones is 6. The highest BCUT2D eigenvalue weighted by Gasteiger charge is 2.33. The molecule has 0 spiro atoms. The fourth-order valence-electron chi connectivity index (χ4n) is 6.84. The highest BCUT2D eigenvalue weighted by Crippen LogP contribution is 2.32. The molecule has 3 fully saturated rings. The van der Waals surface area contributed by atoms with Crippen LogP contribution in [0.5, 0.6) is 0 Å². The predicted octanol–water partition coefficient (Wildman–Crippen LogP) is 7.11. The van der Waals surface area contributed by atoms with Gasteiger partial charge < -0.3 is 10.0 Å². The van der Waals surface area contributed by atoms with Crippen LogP contribution < -0.4 is 0 Å². The molecule has 1 saturated heterocycles. The van der Waals surface area contributed by atoms with Crippen molar-refractivity contribution in [1.29, 1.82) is 0 Å². The minimum Gasteiger partial charge on any atom is -0.395 e. The summed E-state index contributed by atoms with van der Waals surface area (Å²) in [7, 11) is 0. The number of nitrogens with zero attached hydrogens (tertiary/aromatic N) is 2. The molecule has 12 heteroatoms. The molecule has 3 aromatic carbocycles. The molecule has 0 radical (unpaired) electrons. The monoisotopic (exact) mass is 816 g/mol. The van der Waals surface area contributed by atoms with Crippen LogP contribution in [0.2, 0.25) is 0 Å². The van der Waals surface area contributed by atoms with E-state index in [9.17, 15) is 41.9 Å². The molecular formula is C47H55F3N2O7. The zero-order valence-corrected chi connectivity index (χ0v) is 34.0. The molecule has 3 aromatic rings. The van der Waals surface area contributed by atoms with Gasteiger partial charge >= 0.3 is 0 Å². The Balaban J connectivity index is 0.000000249. The van der Waals surface area contributed by atoms with Gasteiger partial charge in [0.05, 0.1) is 18.6 Å². The Kier molecular flexibility index (Phi) is 20.7. The SMILES string of the molecule is C=CC(C)=O.CC(=O)Cc1ccc(F)cc1.O=C1CCC(c2ccc(F)cc2)C(=O)C1.O=C1CCC(c2ccc(F)cc2)C(=O)C1=CCCCN1CCN(CCO)CC1. The molecule has 2 unspecified atom stereocenters. The minimum atomic E-state index is -0.343. The number of benzene rings is 3. The quantitative estimate of drug-likeness (QED) is 0.0933. The van der Waals surface area contributed by atoms with Gasteiger partial charge in [-0.3, -0.25) is 33.7 Å². The van der Waals surface area contributed by atoms with Gasteiger partial charge in [0.2, 0.25) is 0 Å². The summed E-state index contributed by atoms with van der Waals surface area (Å²) in [6.45, 7) is 12.0. The lowest BCUT2D eigenvalue weighted by Gasteiger charge is -2.34. The van der Waals surface area contributed by atoms with Crippen LogP contribution in [-0.4, -0.2) is 95.5 Å². The fourth-order valence-corrected chi connectivity index (χ4v) is 6.84. The number of halogens is 3. The summed E-state index contributed by atoms with van der Waals surface area (Å²) in [6.07, 6.45) is 7.00. The van der Waals surface area contributed by atoms with Gasteiger partial charge in [0.1, 0.15) is 34.8 Å². The van der Waals surface area contributed by atoms with Gasteiger partial charge in [-0.25, -0.2) is 13.2 Å². The molecule has 0 bridgehead atoms. The molecule has 2 atom stereocenters. The van der Waals surface area contributed by atoms with E-state index in [-0.39, 0.29) is 77.0 Å². The molecule has 6 rings (SSSR count). The number of piperazine rings is 1. The lowest BCUT2D eigenvalue weighted by molar-refractivity contribution is -0.131. The molecule has 59 heavy (non-hydrogen) atoms. The topological polar surface area (TPSA) is 129 Å². The molecule has 2 saturated carbocycles. The van der Waals surface area contributed by atoms with E-state index in [0.29, 0.717) is 44.1 Å². The normalized spacial score (nSPS) is 19.1. The van der Waals surface area contributed by atoms with Gasteiger partial charge in [-0.2, -0.15) is 0 Å². The molecule has 2 aliphatic carbocycles. The molecular weight excluding hydrogens is 762 g/mol. The number of rotatable bonds is 11. The third kappa shape index (κ3) is 17.3. The maximum atomic E-state index is 13.1. The summed E-state index contributed by atoms with van der Waals surface area (Å²) in [5.74, 6) is -1.57. The minimum absolute atomic E-state index is 0.0124. The first-order valence-electron chi connectivity index (χ1n) is 20.0. The fraction of sp³-hybridized carbons (Fsp3) is 0.404. The lowest BCUT2D eigenvalue weighted by Crippen LogP contribution is -2.47. The lowest BCUT2D eigenvalue weighted by atomic mass is 9.79. The van der Waals surface area contributed by atoms with Crippen molar-refractivity contribution in [2.24, 2.45) is 0 Å². The van der Waals surface area contributed by atoms with Crippen LogP contribution in [0.3, 0.4) is 0 Å². The number of aliphatic hydroxyl groups excluding tert-OH is 1. The Morgan fingerprint density at radius 2 is 1.20 bits per heavy atom. The standard InChI is InChI=1S/C22H29FN2O3.C12H11FO2.C9H9FO.C4H6O/c23-18-6-4-17(5-7-18)19-8-9-21(27)20(22(19)28)3-1-2-10-24-11-13-25(14-12-24)15-16-26;13-9-3-1-8(2-4-9)11-6-5-10(14)7-12(11)15;1-7(11)6-8-2-4-9(10)5-3-8;1-3-4(2)5/h3-7,19,26H,1-2,8-16H2;1-4,11H,5-7H2;2-5H,6H2,1H3;3H,1H2,2H3. The van der Waals surface area contributed by atoms with Crippen LogP contribution in [0.1, 0.15) is 87.3 Å². The van der Waals surface area contributed by atoms with Gasteiger partial charge in [0, 0.05) is 63.8 Å². The van der Waals surface area contributed by atoms with Gasteiger partial charge in [-0.15, -0.1) is 0 Å². The molecule has 9 nitrogen and oxygen atoms in total. The average molecular weight is 817 g/mol. The van der Waals surface area contributed by atoms with Gasteiger partial charge in [0.15, 0.2) is 17.3 Å². The third-order valence-corrected chi connectivity index (χ3v) is 10.1. The second-order valence-electron chi connectivity index (χ2n) is 14.7. The van der Waals surface area contributed by atoms with Gasteiger partial charge in [0.25, 0.3) is 0 Å². The average Bonchev–Trinajstić information content (AvgIpc) is 3.21. The number of β-amino-alcohol motifs (C(OH)–C–C–N with tert-alkyl or cyclic N) is 1. The van der Waals surface area contributed by atoms with E-state index < -0.39 is 0 Å². The zero-order chi connectivity index (χ0) is 43.3. The number of Topliss-reactive ketones (excluding diaryl/α,β-unsaturated/α-hetero) is 5. The van der Waals surface area contributed by atoms with E-state index in [0.717, 1.165) is 62.4 Å². The Labute approximate surface area is 345 Å². The number of aliphatic hydroxyl groups is 1. The Bertz CT molecular complexity index is 1900. The Morgan fingerprint density at radius 3 is 1.68 bits per heavy atom. The molecule has 1 heterocycles. The van der Waals surface area contributed by atoms with E-state index in [2.05, 4.69) is 16.4 Å². The first kappa shape index (κ1) is 48.2. The molecule has 0 aromatic heterocycles. The van der Waals surface area contributed by atoms with Crippen molar-refractivity contribution >= 4 is 34.7 Å². The number of carbonyl (C=O) groups excluding carboxylic acids is 6. The second-order valence-corrected chi connectivity index (χ2v) is 14.7. The van der Waals surface area contributed by atoms with Crippen molar-refractivity contribution in [3.63, 3.8) is 0 Å². The largest absolute Gasteiger partial charge is 0.395 e. The molecule has 316 valence electrons. The Hall–Kier alpha value is -5.17. The first-order chi connectivity index (χ1) is 28.2. The van der Waals surface area contributed by atoms with E-state index in [1.54, 1.807) is 36.4 Å². The van der Waals surface area contributed by atoms with Crippen molar-refractivity contribution in [2.75, 3.05) is 45.9 Å². The summed E-state index contributed by atoms with van der Waals surface area (Å²) in [5.41, 5.74) is 2.78. The van der Waals surface area contributed by atoms with Crippen molar-refractivity contribution in [3.8, 4) is 0 Å². The molecule has 3 aliphatic rings. The highest BCUT2D eigenvalue weighted by atomic mass is 19.1. The molecule has 0 amide bonds. The van der Waals surface area contributed by atoms with Crippen LogP contribution in [-0.2, 0) is 35.2 Å². The number of allylic oxidation sites excluding steroid dienone is 3. The van der Waals surface area contributed by atoms with Gasteiger partial charge in [-0.05, 0) is 105 Å². The number of hydrogen-bond acceptors (Lipinski definition) is 9. The summed E-state index contributed by atoms with van der Waals surface area (Å²) >= 11 is 0.